The largest absolute Gasteiger partial charge is 0.368 e. The Morgan fingerprint density at radius 1 is 1.15 bits per heavy atom. The van der Waals surface area contributed by atoms with Gasteiger partial charge in [-0.25, -0.2) is 4.85 Å². The minimum atomic E-state index is -1.08. The molecule has 0 spiro atoms. The molecule has 1 atom stereocenters. The first-order chi connectivity index (χ1) is 15.9. The van der Waals surface area contributed by atoms with Gasteiger partial charge >= 0.3 is 0 Å². The van der Waals surface area contributed by atoms with E-state index in [1.54, 1.807) is 43.0 Å². The van der Waals surface area contributed by atoms with Crippen molar-refractivity contribution < 1.29 is 14.4 Å². The van der Waals surface area contributed by atoms with Crippen molar-refractivity contribution in [2.45, 2.75) is 38.3 Å². The summed E-state index contributed by atoms with van der Waals surface area (Å²) in [5.74, 6) is -1.36. The van der Waals surface area contributed by atoms with E-state index >= 15 is 0 Å². The molecule has 2 amide bonds. The standard InChI is InChI=1S/C23H21Cl2N5O3S/c1-23(2)21(33)29(13-5-7-19(28-3)17(25)10-13)22(34)30(23)14-4-6-16(24)12(8-14)9-15(31)11-18(26)20(27)32/h4-8,10,18H,9,11,26H2,1-2H3,(H2,27,32)/t18-/m0/s1. The molecule has 34 heavy (non-hydrogen) atoms. The Bertz CT molecular complexity index is 1260. The third kappa shape index (κ3) is 4.76. The number of nitrogens with zero attached hydrogens (tertiary/aromatic N) is 3. The molecule has 2 aromatic carbocycles. The van der Waals surface area contributed by atoms with Gasteiger partial charge in [0.1, 0.15) is 11.3 Å². The third-order valence-electron chi connectivity index (χ3n) is 5.47. The van der Waals surface area contributed by atoms with E-state index in [0.717, 1.165) is 0 Å². The molecular formula is C23H21Cl2N5O3S. The van der Waals surface area contributed by atoms with Crippen LogP contribution >= 0.6 is 35.4 Å². The van der Waals surface area contributed by atoms with Gasteiger partial charge in [-0.3, -0.25) is 19.3 Å². The molecule has 0 aliphatic carbocycles. The molecular weight excluding hydrogens is 497 g/mol. The lowest BCUT2D eigenvalue weighted by Crippen LogP contribution is -2.44. The molecule has 8 nitrogen and oxygen atoms in total. The van der Waals surface area contributed by atoms with Gasteiger partial charge in [-0.1, -0.05) is 29.3 Å². The summed E-state index contributed by atoms with van der Waals surface area (Å²) in [6.07, 6.45) is -0.281. The zero-order valence-electron chi connectivity index (χ0n) is 18.3. The van der Waals surface area contributed by atoms with Gasteiger partial charge in [0.05, 0.1) is 18.3 Å². The number of ketones is 1. The number of hydrogen-bond acceptors (Lipinski definition) is 5. The Hall–Kier alpha value is -3.03. The highest BCUT2D eigenvalue weighted by Gasteiger charge is 2.50. The smallest absolute Gasteiger partial charge is 0.259 e. The first kappa shape index (κ1) is 25.6. The van der Waals surface area contributed by atoms with Gasteiger partial charge < -0.3 is 16.4 Å². The molecule has 1 saturated heterocycles. The van der Waals surface area contributed by atoms with E-state index in [-0.39, 0.29) is 40.4 Å². The van der Waals surface area contributed by atoms with Gasteiger partial charge in [0, 0.05) is 28.6 Å². The molecule has 0 unspecified atom stereocenters. The summed E-state index contributed by atoms with van der Waals surface area (Å²) in [4.78, 5) is 43.3. The van der Waals surface area contributed by atoms with Crippen molar-refractivity contribution in [1.29, 1.82) is 0 Å². The van der Waals surface area contributed by atoms with Gasteiger partial charge in [-0.15, -0.1) is 0 Å². The molecule has 1 heterocycles. The molecule has 0 saturated carbocycles. The molecule has 3 rings (SSSR count). The minimum Gasteiger partial charge on any atom is -0.368 e. The molecule has 11 heteroatoms. The minimum absolute atomic E-state index is 0.0694. The van der Waals surface area contributed by atoms with Crippen molar-refractivity contribution >= 4 is 75.2 Å². The number of carbonyl (C=O) groups is 3. The summed E-state index contributed by atoms with van der Waals surface area (Å²) in [5, 5.41) is 0.759. The summed E-state index contributed by atoms with van der Waals surface area (Å²) in [6.45, 7) is 10.6. The fourth-order valence-electron chi connectivity index (χ4n) is 3.65. The normalized spacial score (nSPS) is 15.9. The van der Waals surface area contributed by atoms with Gasteiger partial charge in [-0.05, 0) is 62.0 Å². The SMILES string of the molecule is [C-]#[N+]c1ccc(N2C(=O)C(C)(C)N(c3ccc(Cl)c(CC(=O)C[C@H](N)C(N)=O)c3)C2=S)cc1Cl. The monoisotopic (exact) mass is 517 g/mol. The lowest BCUT2D eigenvalue weighted by molar-refractivity contribution is -0.124. The van der Waals surface area contributed by atoms with Crippen molar-refractivity contribution in [3.05, 3.63) is 63.4 Å². The quantitative estimate of drug-likeness (QED) is 0.426. The molecule has 1 aliphatic heterocycles. The van der Waals surface area contributed by atoms with E-state index < -0.39 is 17.5 Å². The number of nitrogens with two attached hydrogens (primary N) is 2. The second-order valence-corrected chi connectivity index (χ2v) is 9.45. The number of amides is 2. The van der Waals surface area contributed by atoms with Crippen LogP contribution in [0.5, 0.6) is 0 Å². The predicted octanol–water partition coefficient (Wildman–Crippen LogP) is 3.78. The maximum Gasteiger partial charge on any atom is 0.259 e. The fourth-order valence-corrected chi connectivity index (χ4v) is 4.57. The molecule has 176 valence electrons. The van der Waals surface area contributed by atoms with Crippen LogP contribution in [0.4, 0.5) is 17.1 Å². The van der Waals surface area contributed by atoms with Crippen LogP contribution in [-0.4, -0.2) is 34.3 Å². The van der Waals surface area contributed by atoms with E-state index in [4.69, 9.17) is 53.5 Å². The van der Waals surface area contributed by atoms with Crippen LogP contribution in [0.15, 0.2) is 36.4 Å². The number of halogens is 2. The Morgan fingerprint density at radius 2 is 1.79 bits per heavy atom. The van der Waals surface area contributed by atoms with E-state index in [1.165, 1.54) is 17.0 Å². The second-order valence-electron chi connectivity index (χ2n) is 8.27. The number of rotatable bonds is 7. The number of hydrogen-bond donors (Lipinski definition) is 2. The number of primary amides is 1. The van der Waals surface area contributed by atoms with Crippen LogP contribution < -0.4 is 21.3 Å². The Kier molecular flexibility index (Phi) is 7.29. The number of thiocarbonyl (C=S) groups is 1. The topological polar surface area (TPSA) is 114 Å². The summed E-state index contributed by atoms with van der Waals surface area (Å²) in [7, 11) is 0. The van der Waals surface area contributed by atoms with Crippen molar-refractivity contribution in [2.24, 2.45) is 11.5 Å². The van der Waals surface area contributed by atoms with Crippen LogP contribution in [0.2, 0.25) is 10.0 Å². The zero-order valence-corrected chi connectivity index (χ0v) is 20.7. The third-order valence-corrected chi connectivity index (χ3v) is 6.50. The summed E-state index contributed by atoms with van der Waals surface area (Å²) >= 11 is 18.2. The highest BCUT2D eigenvalue weighted by atomic mass is 35.5. The van der Waals surface area contributed by atoms with Crippen LogP contribution in [-0.2, 0) is 20.8 Å². The summed E-state index contributed by atoms with van der Waals surface area (Å²) < 4.78 is 0. The highest BCUT2D eigenvalue weighted by Crippen LogP contribution is 2.39. The predicted molar refractivity (Wildman–Crippen MR) is 136 cm³/mol. The first-order valence-electron chi connectivity index (χ1n) is 10.1. The van der Waals surface area contributed by atoms with E-state index in [0.29, 0.717) is 22.0 Å². The molecule has 0 radical (unpaired) electrons. The number of anilines is 2. The summed E-state index contributed by atoms with van der Waals surface area (Å²) in [6, 6.07) is 8.57. The molecule has 0 bridgehead atoms. The molecule has 2 aromatic rings. The Morgan fingerprint density at radius 3 is 2.38 bits per heavy atom. The van der Waals surface area contributed by atoms with Gasteiger partial charge in [0.2, 0.25) is 11.6 Å². The second kappa shape index (κ2) is 9.68. The van der Waals surface area contributed by atoms with Gasteiger partial charge in [0.15, 0.2) is 5.11 Å². The lowest BCUT2D eigenvalue weighted by Gasteiger charge is -2.30. The molecule has 1 aliphatic rings. The van der Waals surface area contributed by atoms with Crippen LogP contribution in [0.1, 0.15) is 25.8 Å². The van der Waals surface area contributed by atoms with Crippen molar-refractivity contribution in [2.75, 3.05) is 9.80 Å². The van der Waals surface area contributed by atoms with Crippen molar-refractivity contribution in [3.63, 3.8) is 0 Å². The van der Waals surface area contributed by atoms with E-state index in [1.807, 2.05) is 0 Å². The molecule has 1 fully saturated rings. The maximum absolute atomic E-state index is 13.4. The number of benzene rings is 2. The lowest BCUT2D eigenvalue weighted by atomic mass is 10.00. The van der Waals surface area contributed by atoms with Gasteiger partial charge in [-0.2, -0.15) is 0 Å². The van der Waals surface area contributed by atoms with Crippen LogP contribution in [0.25, 0.3) is 4.85 Å². The summed E-state index contributed by atoms with van der Waals surface area (Å²) in [5.41, 5.74) is 11.4. The fraction of sp³-hybridized carbons (Fsp3) is 0.261. The van der Waals surface area contributed by atoms with Crippen molar-refractivity contribution in [3.8, 4) is 0 Å². The Balaban J connectivity index is 1.95. The first-order valence-corrected chi connectivity index (χ1v) is 11.3. The number of carbonyl (C=O) groups excluding carboxylic acids is 3. The molecule has 0 aromatic heterocycles. The van der Waals surface area contributed by atoms with Crippen molar-refractivity contribution in [1.82, 2.24) is 0 Å². The van der Waals surface area contributed by atoms with Crippen LogP contribution in [0, 0.1) is 6.57 Å². The van der Waals surface area contributed by atoms with Crippen LogP contribution in [0.3, 0.4) is 0 Å². The highest BCUT2D eigenvalue weighted by molar-refractivity contribution is 7.81. The average Bonchev–Trinajstić information content (AvgIpc) is 2.93. The van der Waals surface area contributed by atoms with E-state index in [9.17, 15) is 14.4 Å². The number of Topliss-reactive ketones (excluding diaryl/α,β-unsaturated/α-hetero) is 1. The zero-order chi connectivity index (χ0) is 25.4. The average molecular weight is 518 g/mol. The maximum atomic E-state index is 13.4. The van der Waals surface area contributed by atoms with Gasteiger partial charge in [0.25, 0.3) is 5.91 Å². The van der Waals surface area contributed by atoms with E-state index in [2.05, 4.69) is 4.85 Å². The Labute approximate surface area is 212 Å². The molecule has 4 N–H and O–H groups in total.